The van der Waals surface area contributed by atoms with E-state index < -0.39 is 7.60 Å². The molecule has 0 unspecified atom stereocenters. The Bertz CT molecular complexity index is 263. The summed E-state index contributed by atoms with van der Waals surface area (Å²) >= 11 is 1.48. The van der Waals surface area contributed by atoms with Gasteiger partial charge in [-0.05, 0) is 39.9 Å². The van der Waals surface area contributed by atoms with Crippen LogP contribution in [0.25, 0.3) is 0 Å². The number of hydrogen-bond donors (Lipinski definition) is 0. The molecule has 0 aromatic rings. The molecular formula is C12H25O3PS. The second-order valence-electron chi connectivity index (χ2n) is 4.40. The summed E-state index contributed by atoms with van der Waals surface area (Å²) in [6, 6.07) is 0. The van der Waals surface area contributed by atoms with E-state index in [0.29, 0.717) is 4.65 Å². The summed E-state index contributed by atoms with van der Waals surface area (Å²) in [7, 11) is -3.19. The van der Waals surface area contributed by atoms with Crippen molar-refractivity contribution in [1.29, 1.82) is 0 Å². The van der Waals surface area contributed by atoms with Gasteiger partial charge in [0.1, 0.15) is 0 Å². The van der Waals surface area contributed by atoms with Crippen molar-refractivity contribution in [1.82, 2.24) is 0 Å². The van der Waals surface area contributed by atoms with Gasteiger partial charge in [0.2, 0.25) is 0 Å². The summed E-state index contributed by atoms with van der Waals surface area (Å²) in [6.45, 7) is 13.4. The second kappa shape index (κ2) is 8.36. The lowest BCUT2D eigenvalue weighted by Gasteiger charge is -2.23. The maximum absolute atomic E-state index is 12.6. The van der Waals surface area contributed by atoms with E-state index in [-0.39, 0.29) is 12.2 Å². The predicted molar refractivity (Wildman–Crippen MR) is 76.6 cm³/mol. The molecule has 0 aromatic heterocycles. The van der Waals surface area contributed by atoms with Gasteiger partial charge in [-0.1, -0.05) is 19.9 Å². The summed E-state index contributed by atoms with van der Waals surface area (Å²) in [4.78, 5) is 0. The van der Waals surface area contributed by atoms with Crippen molar-refractivity contribution in [2.75, 3.05) is 5.75 Å². The van der Waals surface area contributed by atoms with Gasteiger partial charge in [-0.15, -0.1) is 11.8 Å². The number of hydrogen-bond acceptors (Lipinski definition) is 4. The van der Waals surface area contributed by atoms with Crippen LogP contribution in [0, 0.1) is 0 Å². The quantitative estimate of drug-likeness (QED) is 0.438. The van der Waals surface area contributed by atoms with Crippen molar-refractivity contribution in [3.8, 4) is 0 Å². The SMILES string of the molecule is C=C(SCCCC)P(=O)(OC(C)C)OC(C)C. The van der Waals surface area contributed by atoms with E-state index in [4.69, 9.17) is 9.05 Å². The molecule has 0 atom stereocenters. The molecule has 0 aliphatic heterocycles. The van der Waals surface area contributed by atoms with Gasteiger partial charge in [0.05, 0.1) is 16.9 Å². The van der Waals surface area contributed by atoms with Gasteiger partial charge in [0.25, 0.3) is 0 Å². The van der Waals surface area contributed by atoms with Crippen LogP contribution < -0.4 is 0 Å². The molecule has 0 spiro atoms. The Morgan fingerprint density at radius 2 is 1.71 bits per heavy atom. The van der Waals surface area contributed by atoms with Gasteiger partial charge in [-0.25, -0.2) is 0 Å². The van der Waals surface area contributed by atoms with Crippen LogP contribution in [0.15, 0.2) is 11.2 Å². The molecule has 0 aliphatic rings. The maximum atomic E-state index is 12.6. The third-order valence-electron chi connectivity index (χ3n) is 1.77. The summed E-state index contributed by atoms with van der Waals surface area (Å²) < 4.78 is 24.0. The largest absolute Gasteiger partial charge is 0.367 e. The Morgan fingerprint density at radius 3 is 2.06 bits per heavy atom. The molecule has 0 fully saturated rings. The highest BCUT2D eigenvalue weighted by atomic mass is 32.2. The van der Waals surface area contributed by atoms with Crippen LogP contribution in [0.3, 0.4) is 0 Å². The molecule has 0 aliphatic carbocycles. The zero-order valence-electron chi connectivity index (χ0n) is 11.6. The minimum Gasteiger partial charge on any atom is -0.302 e. The first-order valence-electron chi connectivity index (χ1n) is 6.11. The lowest BCUT2D eigenvalue weighted by Crippen LogP contribution is -2.08. The molecular weight excluding hydrogens is 255 g/mol. The highest BCUT2D eigenvalue weighted by molar-refractivity contribution is 8.10. The first kappa shape index (κ1) is 17.2. The van der Waals surface area contributed by atoms with Crippen LogP contribution >= 0.6 is 19.4 Å². The van der Waals surface area contributed by atoms with Gasteiger partial charge in [0, 0.05) is 0 Å². The minimum atomic E-state index is -3.19. The molecule has 0 saturated carbocycles. The third kappa shape index (κ3) is 7.30. The fraction of sp³-hybridized carbons (Fsp3) is 0.833. The second-order valence-corrected chi connectivity index (χ2v) is 7.85. The van der Waals surface area contributed by atoms with Gasteiger partial charge >= 0.3 is 7.60 Å². The van der Waals surface area contributed by atoms with Crippen LogP contribution in [-0.2, 0) is 13.6 Å². The predicted octanol–water partition coefficient (Wildman–Crippen LogP) is 5.03. The smallest absolute Gasteiger partial charge is 0.302 e. The van der Waals surface area contributed by atoms with Crippen LogP contribution in [0.5, 0.6) is 0 Å². The molecule has 0 rings (SSSR count). The first-order valence-corrected chi connectivity index (χ1v) is 8.63. The average Bonchev–Trinajstić information content (AvgIpc) is 2.15. The van der Waals surface area contributed by atoms with Crippen molar-refractivity contribution in [2.24, 2.45) is 0 Å². The average molecular weight is 280 g/mol. The van der Waals surface area contributed by atoms with Gasteiger partial charge in [0.15, 0.2) is 0 Å². The molecule has 5 heteroatoms. The molecule has 0 N–H and O–H groups in total. The van der Waals surface area contributed by atoms with Gasteiger partial charge in [-0.3, -0.25) is 4.57 Å². The van der Waals surface area contributed by atoms with Crippen molar-refractivity contribution in [2.45, 2.75) is 59.7 Å². The van der Waals surface area contributed by atoms with Crippen molar-refractivity contribution < 1.29 is 13.6 Å². The summed E-state index contributed by atoms with van der Waals surface area (Å²) in [5, 5.41) is 0. The molecule has 102 valence electrons. The fourth-order valence-corrected chi connectivity index (χ4v) is 4.34. The molecule has 0 saturated heterocycles. The number of unbranched alkanes of at least 4 members (excludes halogenated alkanes) is 1. The normalized spacial score (nSPS) is 12.4. The van der Waals surface area contributed by atoms with Crippen LogP contribution in [-0.4, -0.2) is 18.0 Å². The van der Waals surface area contributed by atoms with E-state index in [2.05, 4.69) is 13.5 Å². The summed E-state index contributed by atoms with van der Waals surface area (Å²) in [6.07, 6.45) is 1.92. The standard InChI is InChI=1S/C12H25O3PS/c1-7-8-9-17-12(6)16(13,14-10(2)3)15-11(4)5/h10-11H,6-9H2,1-5H3. The molecule has 0 aromatic carbocycles. The first-order chi connectivity index (χ1) is 7.81. The monoisotopic (exact) mass is 280 g/mol. The van der Waals surface area contributed by atoms with E-state index in [1.165, 1.54) is 11.8 Å². The van der Waals surface area contributed by atoms with Crippen molar-refractivity contribution in [3.63, 3.8) is 0 Å². The Hall–Kier alpha value is 0.240. The number of thioether (sulfide) groups is 1. The van der Waals surface area contributed by atoms with E-state index in [1.54, 1.807) is 0 Å². The van der Waals surface area contributed by atoms with Crippen LogP contribution in [0.4, 0.5) is 0 Å². The highest BCUT2D eigenvalue weighted by Gasteiger charge is 2.31. The molecule has 0 bridgehead atoms. The van der Waals surface area contributed by atoms with Crippen LogP contribution in [0.1, 0.15) is 47.5 Å². The zero-order chi connectivity index (χ0) is 13.5. The molecule has 0 heterocycles. The Morgan fingerprint density at radius 1 is 1.24 bits per heavy atom. The lowest BCUT2D eigenvalue weighted by atomic mass is 10.4. The highest BCUT2D eigenvalue weighted by Crippen LogP contribution is 2.61. The minimum absolute atomic E-state index is 0.136. The third-order valence-corrected chi connectivity index (χ3v) is 5.66. The Kier molecular flexibility index (Phi) is 8.48. The zero-order valence-corrected chi connectivity index (χ0v) is 13.3. The Balaban J connectivity index is 4.55. The van der Waals surface area contributed by atoms with E-state index in [0.717, 1.165) is 18.6 Å². The van der Waals surface area contributed by atoms with Crippen molar-refractivity contribution in [3.05, 3.63) is 11.2 Å². The molecule has 17 heavy (non-hydrogen) atoms. The topological polar surface area (TPSA) is 35.5 Å². The lowest BCUT2D eigenvalue weighted by molar-refractivity contribution is 0.149. The summed E-state index contributed by atoms with van der Waals surface area (Å²) in [5.41, 5.74) is 0. The molecule has 0 radical (unpaired) electrons. The molecule has 3 nitrogen and oxygen atoms in total. The summed E-state index contributed by atoms with van der Waals surface area (Å²) in [5.74, 6) is 0.905. The van der Waals surface area contributed by atoms with E-state index in [9.17, 15) is 4.57 Å². The van der Waals surface area contributed by atoms with E-state index >= 15 is 0 Å². The number of rotatable bonds is 9. The van der Waals surface area contributed by atoms with Crippen LogP contribution in [0.2, 0.25) is 0 Å². The van der Waals surface area contributed by atoms with E-state index in [1.807, 2.05) is 27.7 Å². The van der Waals surface area contributed by atoms with Gasteiger partial charge in [-0.2, -0.15) is 0 Å². The molecule has 0 amide bonds. The Labute approximate surface area is 110 Å². The fourth-order valence-electron chi connectivity index (χ4n) is 1.11. The maximum Gasteiger partial charge on any atom is 0.367 e. The van der Waals surface area contributed by atoms with Crippen molar-refractivity contribution >= 4 is 19.4 Å². The van der Waals surface area contributed by atoms with Gasteiger partial charge < -0.3 is 9.05 Å².